The first kappa shape index (κ1) is 21.7. The quantitative estimate of drug-likeness (QED) is 0.492. The highest BCUT2D eigenvalue weighted by Gasteiger charge is 2.21. The molecule has 10 heteroatoms. The van der Waals surface area contributed by atoms with Crippen molar-refractivity contribution in [1.29, 1.82) is 5.26 Å². The number of hydrogen-bond acceptors (Lipinski definition) is 8. The van der Waals surface area contributed by atoms with E-state index in [1.54, 1.807) is 20.0 Å². The minimum absolute atomic E-state index is 0.101. The molecule has 0 saturated heterocycles. The van der Waals surface area contributed by atoms with Crippen molar-refractivity contribution in [2.75, 3.05) is 19.9 Å². The van der Waals surface area contributed by atoms with E-state index in [1.165, 1.54) is 31.5 Å². The van der Waals surface area contributed by atoms with Gasteiger partial charge in [-0.25, -0.2) is 14.2 Å². The number of nitrogens with two attached hydrogens (primary N) is 1. The van der Waals surface area contributed by atoms with Gasteiger partial charge in [-0.15, -0.1) is 0 Å². The number of esters is 1. The van der Waals surface area contributed by atoms with Gasteiger partial charge in [-0.1, -0.05) is 0 Å². The molecule has 2 aromatic heterocycles. The number of rotatable bonds is 7. The van der Waals surface area contributed by atoms with Gasteiger partial charge in [-0.05, 0) is 38.2 Å². The zero-order valence-corrected chi connectivity index (χ0v) is 17.2. The first-order chi connectivity index (χ1) is 14.9. The molecule has 0 radical (unpaired) electrons. The third-order valence-electron chi connectivity index (χ3n) is 4.63. The van der Waals surface area contributed by atoms with Crippen molar-refractivity contribution in [2.24, 2.45) is 0 Å². The normalized spacial score (nSPS) is 11.6. The number of aromatic amines is 1. The Morgan fingerprint density at radius 2 is 2.19 bits per heavy atom. The number of hydrogen-bond donors (Lipinski definition) is 3. The van der Waals surface area contributed by atoms with Crippen LogP contribution in [0.2, 0.25) is 0 Å². The molecule has 0 bridgehead atoms. The lowest BCUT2D eigenvalue weighted by Crippen LogP contribution is -2.13. The summed E-state index contributed by atoms with van der Waals surface area (Å²) >= 11 is 0. The highest BCUT2D eigenvalue weighted by Crippen LogP contribution is 2.34. The molecular weight excluding hydrogens is 403 g/mol. The molecule has 0 aliphatic rings. The Labute approximate surface area is 178 Å². The van der Waals surface area contributed by atoms with E-state index in [-0.39, 0.29) is 22.8 Å². The monoisotopic (exact) mass is 424 g/mol. The van der Waals surface area contributed by atoms with Gasteiger partial charge < -0.3 is 20.5 Å². The van der Waals surface area contributed by atoms with Crippen molar-refractivity contribution in [3.63, 3.8) is 0 Å². The maximum absolute atomic E-state index is 13.9. The van der Waals surface area contributed by atoms with Crippen molar-refractivity contribution in [3.05, 3.63) is 58.8 Å². The Kier molecular flexibility index (Phi) is 6.47. The standard InChI is InChI=1S/C21H21FN6O3/c1-11(15-7-13(22)4-5-14(15)21(29)30-3)31-18-6-12(9-26-20(18)24)19-16(8-23)27-28-17(19)10-25-2/h4-7,9,11,25H,10H2,1-3H3,(H2,24,26)(H,27,28). The van der Waals surface area contributed by atoms with E-state index in [2.05, 4.69) is 20.5 Å². The average Bonchev–Trinajstić information content (AvgIpc) is 3.17. The highest BCUT2D eigenvalue weighted by molar-refractivity contribution is 5.91. The van der Waals surface area contributed by atoms with Crippen LogP contribution < -0.4 is 15.8 Å². The number of H-pyrrole nitrogens is 1. The third-order valence-corrected chi connectivity index (χ3v) is 4.63. The lowest BCUT2D eigenvalue weighted by Gasteiger charge is -2.19. The van der Waals surface area contributed by atoms with Crippen molar-refractivity contribution in [3.8, 4) is 22.9 Å². The SMILES string of the molecule is CNCc1[nH]nc(C#N)c1-c1cnc(N)c(OC(C)c2cc(F)ccc2C(=O)OC)c1. The Bertz CT molecular complexity index is 1150. The summed E-state index contributed by atoms with van der Waals surface area (Å²) in [6, 6.07) is 7.38. The molecule has 0 spiro atoms. The maximum Gasteiger partial charge on any atom is 0.338 e. The molecule has 31 heavy (non-hydrogen) atoms. The van der Waals surface area contributed by atoms with Crippen molar-refractivity contribution in [2.45, 2.75) is 19.6 Å². The van der Waals surface area contributed by atoms with Crippen LogP contribution in [-0.4, -0.2) is 35.3 Å². The van der Waals surface area contributed by atoms with E-state index in [0.717, 1.165) is 0 Å². The van der Waals surface area contributed by atoms with Crippen LogP contribution in [0.1, 0.15) is 40.3 Å². The molecule has 160 valence electrons. The Hall–Kier alpha value is -3.97. The summed E-state index contributed by atoms with van der Waals surface area (Å²) in [6.07, 6.45) is 0.764. The molecule has 1 aromatic carbocycles. The number of methoxy groups -OCH3 is 1. The number of anilines is 1. The number of ether oxygens (including phenoxy) is 2. The smallest absolute Gasteiger partial charge is 0.338 e. The number of pyridine rings is 1. The summed E-state index contributed by atoms with van der Waals surface area (Å²) in [4.78, 5) is 16.2. The molecule has 0 saturated carbocycles. The number of benzene rings is 1. The fraction of sp³-hybridized carbons (Fsp3) is 0.238. The molecule has 1 atom stereocenters. The molecule has 0 aliphatic heterocycles. The molecule has 0 amide bonds. The number of nitrogens with zero attached hydrogens (tertiary/aromatic N) is 3. The summed E-state index contributed by atoms with van der Waals surface area (Å²) in [6.45, 7) is 2.10. The average molecular weight is 424 g/mol. The molecule has 2 heterocycles. The van der Waals surface area contributed by atoms with Crippen LogP contribution in [0, 0.1) is 17.1 Å². The number of carbonyl (C=O) groups is 1. The van der Waals surface area contributed by atoms with Gasteiger partial charge in [0.05, 0.1) is 18.4 Å². The summed E-state index contributed by atoms with van der Waals surface area (Å²) in [5.41, 5.74) is 8.51. The van der Waals surface area contributed by atoms with Crippen LogP contribution in [0.5, 0.6) is 5.75 Å². The van der Waals surface area contributed by atoms with Crippen LogP contribution in [0.4, 0.5) is 10.2 Å². The molecular formula is C21H21FN6O3. The van der Waals surface area contributed by atoms with Gasteiger partial charge in [-0.2, -0.15) is 10.4 Å². The molecule has 4 N–H and O–H groups in total. The van der Waals surface area contributed by atoms with Gasteiger partial charge in [0.1, 0.15) is 18.0 Å². The predicted molar refractivity (Wildman–Crippen MR) is 110 cm³/mol. The van der Waals surface area contributed by atoms with E-state index in [1.807, 2.05) is 6.07 Å². The van der Waals surface area contributed by atoms with Crippen LogP contribution in [0.25, 0.3) is 11.1 Å². The molecule has 0 fully saturated rings. The van der Waals surface area contributed by atoms with Crippen molar-refractivity contribution < 1.29 is 18.7 Å². The van der Waals surface area contributed by atoms with Gasteiger partial charge in [-0.3, -0.25) is 5.10 Å². The molecule has 3 rings (SSSR count). The van der Waals surface area contributed by atoms with Crippen LogP contribution in [0.15, 0.2) is 30.5 Å². The van der Waals surface area contributed by atoms with Crippen LogP contribution in [0.3, 0.4) is 0 Å². The second kappa shape index (κ2) is 9.23. The molecule has 9 nitrogen and oxygen atoms in total. The van der Waals surface area contributed by atoms with Gasteiger partial charge in [0, 0.05) is 29.4 Å². The first-order valence-electron chi connectivity index (χ1n) is 9.31. The zero-order chi connectivity index (χ0) is 22.5. The highest BCUT2D eigenvalue weighted by atomic mass is 19.1. The minimum Gasteiger partial charge on any atom is -0.482 e. The predicted octanol–water partition coefficient (Wildman–Crippen LogP) is 2.71. The van der Waals surface area contributed by atoms with E-state index in [0.29, 0.717) is 28.9 Å². The summed E-state index contributed by atoms with van der Waals surface area (Å²) in [5.74, 6) is -0.819. The maximum atomic E-state index is 13.9. The van der Waals surface area contributed by atoms with Gasteiger partial charge in [0.2, 0.25) is 0 Å². The topological polar surface area (TPSA) is 139 Å². The molecule has 1 unspecified atom stereocenters. The van der Waals surface area contributed by atoms with E-state index < -0.39 is 17.9 Å². The van der Waals surface area contributed by atoms with Gasteiger partial charge >= 0.3 is 5.97 Å². The number of nitrogen functional groups attached to an aromatic ring is 1. The fourth-order valence-corrected chi connectivity index (χ4v) is 3.18. The Morgan fingerprint density at radius 3 is 2.87 bits per heavy atom. The molecule has 3 aromatic rings. The van der Waals surface area contributed by atoms with Gasteiger partial charge in [0.15, 0.2) is 17.3 Å². The number of halogens is 1. The summed E-state index contributed by atoms with van der Waals surface area (Å²) in [7, 11) is 3.01. The summed E-state index contributed by atoms with van der Waals surface area (Å²) in [5, 5.41) is 19.3. The van der Waals surface area contributed by atoms with E-state index >= 15 is 0 Å². The second-order valence-electron chi connectivity index (χ2n) is 6.66. The van der Waals surface area contributed by atoms with E-state index in [4.69, 9.17) is 15.2 Å². The lowest BCUT2D eigenvalue weighted by molar-refractivity contribution is 0.0595. The second-order valence-corrected chi connectivity index (χ2v) is 6.66. The first-order valence-corrected chi connectivity index (χ1v) is 9.31. The fourth-order valence-electron chi connectivity index (χ4n) is 3.18. The Morgan fingerprint density at radius 1 is 1.42 bits per heavy atom. The largest absolute Gasteiger partial charge is 0.482 e. The number of nitriles is 1. The van der Waals surface area contributed by atoms with Crippen molar-refractivity contribution in [1.82, 2.24) is 20.5 Å². The lowest BCUT2D eigenvalue weighted by atomic mass is 10.0. The third kappa shape index (κ3) is 4.46. The van der Waals surface area contributed by atoms with Gasteiger partial charge in [0.25, 0.3) is 0 Å². The minimum atomic E-state index is -0.749. The number of nitrogens with one attached hydrogen (secondary N) is 2. The number of aromatic nitrogens is 3. The zero-order valence-electron chi connectivity index (χ0n) is 17.2. The summed E-state index contributed by atoms with van der Waals surface area (Å²) < 4.78 is 24.6. The van der Waals surface area contributed by atoms with Crippen molar-refractivity contribution >= 4 is 11.8 Å². The van der Waals surface area contributed by atoms with Crippen LogP contribution in [-0.2, 0) is 11.3 Å². The van der Waals surface area contributed by atoms with Crippen LogP contribution >= 0.6 is 0 Å². The molecule has 0 aliphatic carbocycles. The number of carbonyl (C=O) groups excluding carboxylic acids is 1. The Balaban J connectivity index is 2.00. The van der Waals surface area contributed by atoms with E-state index in [9.17, 15) is 14.4 Å².